The molecule has 9 heteroatoms. The van der Waals surface area contributed by atoms with Gasteiger partial charge in [-0.05, 0) is 30.3 Å². The van der Waals surface area contributed by atoms with Crippen molar-refractivity contribution in [1.82, 2.24) is 20.2 Å². The molecule has 136 valence electrons. The average molecular weight is 368 g/mol. The van der Waals surface area contributed by atoms with Gasteiger partial charge in [-0.25, -0.2) is 13.8 Å². The first kappa shape index (κ1) is 16.7. The lowest BCUT2D eigenvalue weighted by Crippen LogP contribution is -2.03. The highest BCUT2D eigenvalue weighted by Crippen LogP contribution is 2.26. The molecule has 0 amide bonds. The van der Waals surface area contributed by atoms with Crippen LogP contribution in [-0.4, -0.2) is 27.3 Å². The van der Waals surface area contributed by atoms with Gasteiger partial charge in [-0.2, -0.15) is 10.1 Å². The van der Waals surface area contributed by atoms with E-state index in [9.17, 15) is 8.78 Å². The maximum absolute atomic E-state index is 14.1. The molecule has 0 aliphatic carbocycles. The minimum absolute atomic E-state index is 0.0428. The molecule has 27 heavy (non-hydrogen) atoms. The molecule has 2 aromatic heterocycles. The maximum Gasteiger partial charge on any atom is 0.229 e. The van der Waals surface area contributed by atoms with Crippen molar-refractivity contribution >= 4 is 34.0 Å². The Morgan fingerprint density at radius 1 is 0.963 bits per heavy atom. The Kier molecular flexibility index (Phi) is 4.25. The van der Waals surface area contributed by atoms with E-state index in [2.05, 4.69) is 30.8 Å². The third-order valence-corrected chi connectivity index (χ3v) is 3.85. The summed E-state index contributed by atoms with van der Waals surface area (Å²) in [6, 6.07) is 9.64. The number of hydrogen-bond acceptors (Lipinski definition) is 6. The second kappa shape index (κ2) is 6.87. The predicted molar refractivity (Wildman–Crippen MR) is 97.6 cm³/mol. The Bertz CT molecular complexity index is 1110. The van der Waals surface area contributed by atoms with E-state index in [0.29, 0.717) is 5.69 Å². The van der Waals surface area contributed by atoms with E-state index in [4.69, 9.17) is 4.74 Å². The molecule has 0 atom stereocenters. The maximum atomic E-state index is 14.1. The van der Waals surface area contributed by atoms with Crippen LogP contribution in [0.4, 0.5) is 31.9 Å². The van der Waals surface area contributed by atoms with Crippen LogP contribution in [0.2, 0.25) is 0 Å². The van der Waals surface area contributed by atoms with Crippen molar-refractivity contribution in [1.29, 1.82) is 0 Å². The zero-order valence-corrected chi connectivity index (χ0v) is 14.1. The van der Waals surface area contributed by atoms with E-state index in [1.807, 2.05) is 18.2 Å². The number of ether oxygens (including phenoxy) is 1. The number of halogens is 2. The van der Waals surface area contributed by atoms with Gasteiger partial charge in [0.1, 0.15) is 0 Å². The van der Waals surface area contributed by atoms with E-state index < -0.39 is 11.6 Å². The molecule has 0 unspecified atom stereocenters. The molecule has 4 aromatic rings. The van der Waals surface area contributed by atoms with Gasteiger partial charge in [0.05, 0.1) is 25.0 Å². The summed E-state index contributed by atoms with van der Waals surface area (Å²) in [6.45, 7) is 0. The fourth-order valence-corrected chi connectivity index (χ4v) is 2.54. The summed E-state index contributed by atoms with van der Waals surface area (Å²) >= 11 is 0. The Hall–Kier alpha value is -3.75. The highest BCUT2D eigenvalue weighted by molar-refractivity contribution is 5.82. The lowest BCUT2D eigenvalue weighted by atomic mass is 10.2. The summed E-state index contributed by atoms with van der Waals surface area (Å²) in [5, 5.41) is 13.6. The number of rotatable bonds is 5. The minimum atomic E-state index is -0.644. The molecule has 3 N–H and O–H groups in total. The summed E-state index contributed by atoms with van der Waals surface area (Å²) in [4.78, 5) is 8.09. The molecule has 7 nitrogen and oxygen atoms in total. The number of aromatic nitrogens is 4. The lowest BCUT2D eigenvalue weighted by molar-refractivity contribution is 0.387. The van der Waals surface area contributed by atoms with Gasteiger partial charge >= 0.3 is 0 Å². The van der Waals surface area contributed by atoms with E-state index >= 15 is 0 Å². The summed E-state index contributed by atoms with van der Waals surface area (Å²) in [6.07, 6.45) is 2.75. The van der Waals surface area contributed by atoms with Gasteiger partial charge in [0.2, 0.25) is 5.95 Å². The first-order chi connectivity index (χ1) is 13.1. The predicted octanol–water partition coefficient (Wildman–Crippen LogP) is 4.13. The van der Waals surface area contributed by atoms with Crippen molar-refractivity contribution in [3.63, 3.8) is 0 Å². The normalized spacial score (nSPS) is 10.8. The number of H-pyrrole nitrogens is 1. The summed E-state index contributed by atoms with van der Waals surface area (Å²) in [5.74, 6) is -0.958. The number of hydrogen-bond donors (Lipinski definition) is 3. The van der Waals surface area contributed by atoms with E-state index in [1.165, 1.54) is 25.3 Å². The number of methoxy groups -OCH3 is 1. The monoisotopic (exact) mass is 368 g/mol. The van der Waals surface area contributed by atoms with Crippen molar-refractivity contribution in [2.75, 3.05) is 17.7 Å². The molecule has 0 aliphatic rings. The standard InChI is InChI=1S/C18H14F2N6O/c1-27-16-7-12(2-4-13(16)19)23-17-14(20)9-21-18(25-17)24-11-3-5-15-10(6-11)8-22-26-15/h2-9H,1H3,(H,22,26)(H2,21,23,24,25). The molecule has 0 aliphatic heterocycles. The van der Waals surface area contributed by atoms with Gasteiger partial charge in [0.15, 0.2) is 23.2 Å². The van der Waals surface area contributed by atoms with Crippen LogP contribution in [0.25, 0.3) is 10.9 Å². The van der Waals surface area contributed by atoms with Crippen LogP contribution in [0.1, 0.15) is 0 Å². The van der Waals surface area contributed by atoms with Gasteiger partial charge in [0.25, 0.3) is 0 Å². The molecular formula is C18H14F2N6O. The highest BCUT2D eigenvalue weighted by Gasteiger charge is 2.10. The molecule has 0 bridgehead atoms. The third-order valence-electron chi connectivity index (χ3n) is 3.85. The van der Waals surface area contributed by atoms with E-state index in [0.717, 1.165) is 22.8 Å². The number of fused-ring (bicyclic) bond motifs is 1. The van der Waals surface area contributed by atoms with Crippen LogP contribution in [0.15, 0.2) is 48.8 Å². The Morgan fingerprint density at radius 2 is 1.78 bits per heavy atom. The minimum Gasteiger partial charge on any atom is -0.494 e. The van der Waals surface area contributed by atoms with Crippen LogP contribution in [-0.2, 0) is 0 Å². The van der Waals surface area contributed by atoms with Gasteiger partial charge in [0, 0.05) is 22.8 Å². The van der Waals surface area contributed by atoms with Crippen molar-refractivity contribution in [3.05, 3.63) is 60.4 Å². The second-order valence-corrected chi connectivity index (χ2v) is 5.66. The molecule has 0 saturated heterocycles. The lowest BCUT2D eigenvalue weighted by Gasteiger charge is -2.11. The number of nitrogens with zero attached hydrogens (tertiary/aromatic N) is 3. The quantitative estimate of drug-likeness (QED) is 0.491. The van der Waals surface area contributed by atoms with Gasteiger partial charge in [-0.3, -0.25) is 5.10 Å². The van der Waals surface area contributed by atoms with Gasteiger partial charge < -0.3 is 15.4 Å². The number of anilines is 4. The summed E-state index contributed by atoms with van der Waals surface area (Å²) < 4.78 is 32.5. The Balaban J connectivity index is 1.59. The SMILES string of the molecule is COc1cc(Nc2nc(Nc3ccc4[nH]ncc4c3)ncc2F)ccc1F. The second-order valence-electron chi connectivity index (χ2n) is 5.66. The largest absolute Gasteiger partial charge is 0.494 e. The van der Waals surface area contributed by atoms with Crippen LogP contribution in [0.5, 0.6) is 5.75 Å². The molecular weight excluding hydrogens is 354 g/mol. The molecule has 2 aromatic carbocycles. The zero-order valence-electron chi connectivity index (χ0n) is 14.1. The number of aromatic amines is 1. The van der Waals surface area contributed by atoms with Crippen molar-refractivity contribution in [3.8, 4) is 5.75 Å². The fourth-order valence-electron chi connectivity index (χ4n) is 2.54. The van der Waals surface area contributed by atoms with Crippen LogP contribution < -0.4 is 15.4 Å². The van der Waals surface area contributed by atoms with Crippen molar-refractivity contribution in [2.45, 2.75) is 0 Å². The van der Waals surface area contributed by atoms with Gasteiger partial charge in [-0.15, -0.1) is 0 Å². The molecule has 0 saturated carbocycles. The first-order valence-electron chi connectivity index (χ1n) is 7.95. The molecule has 4 rings (SSSR count). The van der Waals surface area contributed by atoms with Crippen molar-refractivity contribution in [2.24, 2.45) is 0 Å². The van der Waals surface area contributed by atoms with Crippen LogP contribution in [0.3, 0.4) is 0 Å². The summed E-state index contributed by atoms with van der Waals surface area (Å²) in [5.41, 5.74) is 2.05. The van der Waals surface area contributed by atoms with E-state index in [-0.39, 0.29) is 17.5 Å². The molecule has 2 heterocycles. The Labute approximate surface area is 152 Å². The zero-order chi connectivity index (χ0) is 18.8. The third kappa shape index (κ3) is 3.47. The number of benzene rings is 2. The highest BCUT2D eigenvalue weighted by atomic mass is 19.1. The molecule has 0 fully saturated rings. The van der Waals surface area contributed by atoms with Crippen molar-refractivity contribution < 1.29 is 13.5 Å². The fraction of sp³-hybridized carbons (Fsp3) is 0.0556. The number of nitrogens with one attached hydrogen (secondary N) is 3. The van der Waals surface area contributed by atoms with E-state index in [1.54, 1.807) is 6.20 Å². The molecule has 0 spiro atoms. The summed E-state index contributed by atoms with van der Waals surface area (Å²) in [7, 11) is 1.35. The smallest absolute Gasteiger partial charge is 0.229 e. The topological polar surface area (TPSA) is 87.8 Å². The molecule has 0 radical (unpaired) electrons. The Morgan fingerprint density at radius 3 is 2.63 bits per heavy atom. The average Bonchev–Trinajstić information content (AvgIpc) is 3.14. The van der Waals surface area contributed by atoms with Crippen LogP contribution >= 0.6 is 0 Å². The first-order valence-corrected chi connectivity index (χ1v) is 7.95. The van der Waals surface area contributed by atoms with Crippen LogP contribution in [0, 0.1) is 11.6 Å². The van der Waals surface area contributed by atoms with Gasteiger partial charge in [-0.1, -0.05) is 0 Å².